The third-order valence-electron chi connectivity index (χ3n) is 9.19. The van der Waals surface area contributed by atoms with Crippen molar-refractivity contribution in [3.8, 4) is 11.1 Å². The van der Waals surface area contributed by atoms with Crippen LogP contribution in [0.5, 0.6) is 0 Å². The van der Waals surface area contributed by atoms with Gasteiger partial charge in [-0.05, 0) is 55.2 Å². The Labute approximate surface area is 248 Å². The highest BCUT2D eigenvalue weighted by atomic mass is 16.5. The first-order chi connectivity index (χ1) is 20.2. The second-order valence-corrected chi connectivity index (χ2v) is 12.7. The van der Waals surface area contributed by atoms with Gasteiger partial charge in [0.25, 0.3) is 0 Å². The number of nitrogens with zero attached hydrogens (tertiary/aromatic N) is 6. The van der Waals surface area contributed by atoms with Crippen LogP contribution in [0.1, 0.15) is 54.8 Å². The number of benzene rings is 1. The molecule has 0 bridgehead atoms. The number of piperidine rings is 1. The lowest BCUT2D eigenvalue weighted by atomic mass is 9.82. The zero-order valence-corrected chi connectivity index (χ0v) is 25.3. The molecule has 2 fully saturated rings. The van der Waals surface area contributed by atoms with E-state index in [4.69, 9.17) is 14.7 Å². The molecular formula is C33H42N6O3. The van der Waals surface area contributed by atoms with Crippen molar-refractivity contribution in [1.82, 2.24) is 15.0 Å². The van der Waals surface area contributed by atoms with Gasteiger partial charge >= 0.3 is 5.97 Å². The van der Waals surface area contributed by atoms with Crippen molar-refractivity contribution < 1.29 is 14.6 Å². The monoisotopic (exact) mass is 570 g/mol. The molecular weight excluding hydrogens is 528 g/mol. The predicted molar refractivity (Wildman–Crippen MR) is 166 cm³/mol. The molecule has 0 spiro atoms. The molecule has 3 aromatic rings. The summed E-state index contributed by atoms with van der Waals surface area (Å²) < 4.78 is 5.50. The predicted octanol–water partition coefficient (Wildman–Crippen LogP) is 4.81. The molecule has 1 N–H and O–H groups in total. The summed E-state index contributed by atoms with van der Waals surface area (Å²) in [6, 6.07) is 6.73. The number of rotatable bonds is 6. The van der Waals surface area contributed by atoms with Crippen LogP contribution in [0.2, 0.25) is 0 Å². The Bertz CT molecular complexity index is 1470. The van der Waals surface area contributed by atoms with Gasteiger partial charge in [-0.15, -0.1) is 0 Å². The minimum atomic E-state index is -0.820. The van der Waals surface area contributed by atoms with Gasteiger partial charge in [-0.25, -0.2) is 4.98 Å². The number of carboxylic acids is 1. The third-order valence-corrected chi connectivity index (χ3v) is 9.19. The van der Waals surface area contributed by atoms with Crippen LogP contribution in [0.15, 0.2) is 30.6 Å². The van der Waals surface area contributed by atoms with Crippen LogP contribution in [0, 0.1) is 19.3 Å². The fourth-order valence-electron chi connectivity index (χ4n) is 6.61. The fraction of sp³-hybridized carbons (Fsp3) is 0.515. The zero-order chi connectivity index (χ0) is 29.4. The maximum atomic E-state index is 12.0. The number of aliphatic carboxylic acids is 1. The highest BCUT2D eigenvalue weighted by molar-refractivity contribution is 5.86. The first-order valence-electron chi connectivity index (χ1n) is 15.2. The van der Waals surface area contributed by atoms with E-state index < -0.39 is 5.97 Å². The number of pyridine rings is 1. The van der Waals surface area contributed by atoms with Gasteiger partial charge in [0.1, 0.15) is 11.6 Å². The molecule has 2 saturated heterocycles. The Balaban J connectivity index is 1.32. The summed E-state index contributed by atoms with van der Waals surface area (Å²) in [5.74, 6) is 0.991. The van der Waals surface area contributed by atoms with Gasteiger partial charge in [-0.3, -0.25) is 14.8 Å². The van der Waals surface area contributed by atoms with Crippen LogP contribution in [-0.4, -0.2) is 72.0 Å². The number of fused-ring (bicyclic) bond motifs is 1. The minimum absolute atomic E-state index is 0.0220. The topological polar surface area (TPSA) is 94.9 Å². The van der Waals surface area contributed by atoms with Crippen molar-refractivity contribution >= 4 is 23.3 Å². The van der Waals surface area contributed by atoms with Crippen LogP contribution in [0.25, 0.3) is 11.1 Å². The van der Waals surface area contributed by atoms with E-state index in [2.05, 4.69) is 58.7 Å². The highest BCUT2D eigenvalue weighted by Gasteiger charge is 2.31. The molecule has 1 aromatic carbocycles. The van der Waals surface area contributed by atoms with Crippen molar-refractivity contribution in [2.24, 2.45) is 5.41 Å². The molecule has 9 heteroatoms. The molecule has 0 unspecified atom stereocenters. The molecule has 0 atom stereocenters. The number of carboxylic acid groups (broad SMARTS) is 1. The van der Waals surface area contributed by atoms with Gasteiger partial charge in [-0.1, -0.05) is 32.0 Å². The first kappa shape index (κ1) is 28.4. The lowest BCUT2D eigenvalue weighted by Crippen LogP contribution is -2.38. The molecule has 3 aliphatic heterocycles. The quantitative estimate of drug-likeness (QED) is 0.448. The molecule has 0 aliphatic carbocycles. The van der Waals surface area contributed by atoms with E-state index in [1.807, 2.05) is 19.3 Å². The molecule has 42 heavy (non-hydrogen) atoms. The lowest BCUT2D eigenvalue weighted by Gasteiger charge is -2.40. The summed E-state index contributed by atoms with van der Waals surface area (Å²) in [5.41, 5.74) is 8.76. The van der Waals surface area contributed by atoms with Gasteiger partial charge in [0.15, 0.2) is 0 Å². The summed E-state index contributed by atoms with van der Waals surface area (Å²) in [6.45, 7) is 15.2. The standard InChI is InChI=1S/C33H42N6O3/c1-22-27(18-30(40)41)32(38-11-8-33(3,4)9-12-38)31(23(2)35-22)25-5-6-26-21-39(10-7-24(26)17-25)29-20-34-19-28(36-29)37-13-15-42-16-14-37/h5-6,17,19-20H,7-16,18,21H2,1-4H3,(H,40,41). The molecule has 0 saturated carbocycles. The van der Waals surface area contributed by atoms with Crippen LogP contribution in [0.3, 0.4) is 0 Å². The average Bonchev–Trinajstić information content (AvgIpc) is 2.98. The fourth-order valence-corrected chi connectivity index (χ4v) is 6.61. The second kappa shape index (κ2) is 11.5. The first-order valence-corrected chi connectivity index (χ1v) is 15.2. The summed E-state index contributed by atoms with van der Waals surface area (Å²) in [7, 11) is 0. The number of anilines is 3. The van der Waals surface area contributed by atoms with E-state index >= 15 is 0 Å². The van der Waals surface area contributed by atoms with E-state index in [9.17, 15) is 9.90 Å². The number of carbonyl (C=O) groups is 1. The second-order valence-electron chi connectivity index (χ2n) is 12.7. The SMILES string of the molecule is Cc1nc(C)c(-c2ccc3c(c2)CCN(c2cncc(N4CCOCC4)n2)C3)c(N2CCC(C)(C)CC2)c1CC(=O)O. The third kappa shape index (κ3) is 5.79. The van der Waals surface area contributed by atoms with Gasteiger partial charge < -0.3 is 24.5 Å². The zero-order valence-electron chi connectivity index (χ0n) is 25.3. The number of hydrogen-bond acceptors (Lipinski definition) is 8. The van der Waals surface area contributed by atoms with Crippen LogP contribution in [0.4, 0.5) is 17.3 Å². The summed E-state index contributed by atoms with van der Waals surface area (Å²) in [5, 5.41) is 9.83. The van der Waals surface area contributed by atoms with Gasteiger partial charge in [0.05, 0.1) is 37.7 Å². The molecule has 0 radical (unpaired) electrons. The number of morpholine rings is 1. The van der Waals surface area contributed by atoms with E-state index in [1.165, 1.54) is 11.1 Å². The molecule has 2 aromatic heterocycles. The van der Waals surface area contributed by atoms with Crippen molar-refractivity contribution in [2.45, 2.75) is 59.9 Å². The minimum Gasteiger partial charge on any atom is -0.481 e. The average molecular weight is 571 g/mol. The lowest BCUT2D eigenvalue weighted by molar-refractivity contribution is -0.136. The summed E-state index contributed by atoms with van der Waals surface area (Å²) in [4.78, 5) is 33.3. The van der Waals surface area contributed by atoms with Gasteiger partial charge in [-0.2, -0.15) is 0 Å². The van der Waals surface area contributed by atoms with Gasteiger partial charge in [0.2, 0.25) is 0 Å². The Morgan fingerprint density at radius 1 is 0.905 bits per heavy atom. The van der Waals surface area contributed by atoms with Crippen molar-refractivity contribution in [2.75, 3.05) is 60.6 Å². The summed E-state index contributed by atoms with van der Waals surface area (Å²) in [6.07, 6.45) is 6.74. The van der Waals surface area contributed by atoms with Crippen LogP contribution < -0.4 is 14.7 Å². The number of aromatic nitrogens is 3. The number of ether oxygens (including phenoxy) is 1. The molecule has 6 rings (SSSR count). The largest absolute Gasteiger partial charge is 0.481 e. The molecule has 5 heterocycles. The Hall–Kier alpha value is -3.72. The Morgan fingerprint density at radius 3 is 2.33 bits per heavy atom. The highest BCUT2D eigenvalue weighted by Crippen LogP contribution is 2.42. The molecule has 9 nitrogen and oxygen atoms in total. The van der Waals surface area contributed by atoms with E-state index in [0.29, 0.717) is 5.41 Å². The maximum Gasteiger partial charge on any atom is 0.307 e. The summed E-state index contributed by atoms with van der Waals surface area (Å²) >= 11 is 0. The Kier molecular flexibility index (Phi) is 7.79. The Morgan fingerprint density at radius 2 is 1.62 bits per heavy atom. The number of aryl methyl sites for hydroxylation is 2. The van der Waals surface area contributed by atoms with Crippen molar-refractivity contribution in [3.05, 3.63) is 58.7 Å². The van der Waals surface area contributed by atoms with Gasteiger partial charge in [0, 0.05) is 61.8 Å². The molecule has 222 valence electrons. The van der Waals surface area contributed by atoms with Crippen LogP contribution >= 0.6 is 0 Å². The molecule has 3 aliphatic rings. The van der Waals surface area contributed by atoms with Crippen molar-refractivity contribution in [3.63, 3.8) is 0 Å². The molecule has 0 amide bonds. The maximum absolute atomic E-state index is 12.0. The van der Waals surface area contributed by atoms with E-state index in [1.54, 1.807) is 0 Å². The van der Waals surface area contributed by atoms with E-state index in [0.717, 1.165) is 117 Å². The van der Waals surface area contributed by atoms with Crippen LogP contribution in [-0.2, 0) is 28.9 Å². The normalized spacial score (nSPS) is 18.6. The smallest absolute Gasteiger partial charge is 0.307 e. The van der Waals surface area contributed by atoms with E-state index in [-0.39, 0.29) is 6.42 Å². The van der Waals surface area contributed by atoms with Crippen molar-refractivity contribution in [1.29, 1.82) is 0 Å². The number of hydrogen-bond donors (Lipinski definition) is 1.